The lowest BCUT2D eigenvalue weighted by Gasteiger charge is -2.31. The van der Waals surface area contributed by atoms with Gasteiger partial charge in [0.05, 0.1) is 11.7 Å². The molecule has 228 valence electrons. The first-order valence-corrected chi connectivity index (χ1v) is 16.8. The van der Waals surface area contributed by atoms with Crippen molar-refractivity contribution >= 4 is 5.69 Å². The highest BCUT2D eigenvalue weighted by molar-refractivity contribution is 5.67. The third-order valence-electron chi connectivity index (χ3n) is 9.68. The molecule has 2 nitrogen and oxygen atoms in total. The molecule has 1 unspecified atom stereocenters. The van der Waals surface area contributed by atoms with Crippen LogP contribution in [0.4, 0.5) is 5.69 Å². The fraction of sp³-hybridized carbons (Fsp3) is 0.205. The summed E-state index contributed by atoms with van der Waals surface area (Å²) in [4.78, 5) is 4.76. The molecule has 1 saturated carbocycles. The molecule has 0 aliphatic heterocycles. The van der Waals surface area contributed by atoms with Crippen LogP contribution in [0.3, 0.4) is 0 Å². The Balaban J connectivity index is 1.51. The molecule has 2 heteroatoms. The van der Waals surface area contributed by atoms with Gasteiger partial charge >= 0.3 is 0 Å². The van der Waals surface area contributed by atoms with E-state index in [0.717, 1.165) is 5.69 Å². The van der Waals surface area contributed by atoms with E-state index >= 15 is 0 Å². The summed E-state index contributed by atoms with van der Waals surface area (Å²) in [6, 6.07) is 55.5. The Morgan fingerprint density at radius 1 is 0.543 bits per heavy atom. The monoisotopic (exact) mass is 598 g/mol. The van der Waals surface area contributed by atoms with E-state index in [4.69, 9.17) is 4.98 Å². The summed E-state index contributed by atoms with van der Waals surface area (Å²) < 4.78 is 0. The third kappa shape index (κ3) is 6.39. The van der Waals surface area contributed by atoms with Crippen molar-refractivity contribution in [3.05, 3.63) is 202 Å². The maximum atomic E-state index is 4.76. The van der Waals surface area contributed by atoms with Crippen molar-refractivity contribution in [3.63, 3.8) is 0 Å². The Labute approximate surface area is 274 Å². The number of hydrogen-bond acceptors (Lipinski definition) is 2. The van der Waals surface area contributed by atoms with E-state index in [1.807, 2.05) is 12.3 Å². The van der Waals surface area contributed by atoms with Crippen molar-refractivity contribution in [2.75, 3.05) is 5.32 Å². The highest BCUT2D eigenvalue weighted by Crippen LogP contribution is 2.47. The van der Waals surface area contributed by atoms with Gasteiger partial charge in [-0.25, -0.2) is 0 Å². The number of hydrogen-bond donors (Lipinski definition) is 1. The van der Waals surface area contributed by atoms with E-state index in [9.17, 15) is 0 Å². The summed E-state index contributed by atoms with van der Waals surface area (Å²) in [5, 5.41) is 4.08. The Hall–Kier alpha value is -4.95. The molecule has 0 radical (unpaired) electrons. The quantitative estimate of drug-likeness (QED) is 0.159. The van der Waals surface area contributed by atoms with Gasteiger partial charge in [0.1, 0.15) is 0 Å². The first-order valence-electron chi connectivity index (χ1n) is 16.8. The maximum Gasteiger partial charge on any atom is 0.0657 e. The number of nitrogens with zero attached hydrogens (tertiary/aromatic N) is 1. The molecule has 1 aliphatic rings. The lowest BCUT2D eigenvalue weighted by molar-refractivity contribution is 0.714. The van der Waals surface area contributed by atoms with Gasteiger partial charge in [-0.15, -0.1) is 0 Å². The van der Waals surface area contributed by atoms with Gasteiger partial charge < -0.3 is 5.32 Å². The first kappa shape index (κ1) is 29.7. The van der Waals surface area contributed by atoms with Gasteiger partial charge in [-0.2, -0.15) is 0 Å². The zero-order valence-corrected chi connectivity index (χ0v) is 26.6. The highest BCUT2D eigenvalue weighted by atomic mass is 14.9. The molecule has 5 aromatic carbocycles. The average Bonchev–Trinajstić information content (AvgIpc) is 3.67. The van der Waals surface area contributed by atoms with Crippen molar-refractivity contribution in [1.82, 2.24) is 4.98 Å². The summed E-state index contributed by atoms with van der Waals surface area (Å²) in [6.07, 6.45) is 6.90. The molecule has 0 saturated heterocycles. The number of rotatable bonds is 10. The van der Waals surface area contributed by atoms with E-state index in [1.165, 1.54) is 70.3 Å². The van der Waals surface area contributed by atoms with Crippen LogP contribution in [0, 0.1) is 0 Å². The first-order chi connectivity index (χ1) is 22.8. The molecule has 1 heterocycles. The van der Waals surface area contributed by atoms with E-state index in [2.05, 4.69) is 158 Å². The van der Waals surface area contributed by atoms with Crippen LogP contribution < -0.4 is 5.32 Å². The van der Waals surface area contributed by atoms with E-state index in [-0.39, 0.29) is 17.9 Å². The van der Waals surface area contributed by atoms with Gasteiger partial charge in [0, 0.05) is 23.7 Å². The van der Waals surface area contributed by atoms with Gasteiger partial charge in [0.25, 0.3) is 0 Å². The maximum absolute atomic E-state index is 4.76. The topological polar surface area (TPSA) is 24.9 Å². The molecular weight excluding hydrogens is 556 g/mol. The second-order valence-electron chi connectivity index (χ2n) is 12.7. The normalized spacial score (nSPS) is 14.1. The molecule has 0 bridgehead atoms. The number of nitrogens with one attached hydrogen (secondary N) is 1. The predicted octanol–water partition coefficient (Wildman–Crippen LogP) is 11.3. The molecule has 1 N–H and O–H groups in total. The number of benzene rings is 5. The number of anilines is 1. The average molecular weight is 599 g/mol. The van der Waals surface area contributed by atoms with E-state index in [0.29, 0.717) is 5.92 Å². The predicted molar refractivity (Wildman–Crippen MR) is 192 cm³/mol. The lowest BCUT2D eigenvalue weighted by Crippen LogP contribution is -2.17. The fourth-order valence-electron chi connectivity index (χ4n) is 7.47. The largest absolute Gasteiger partial charge is 0.376 e. The van der Waals surface area contributed by atoms with E-state index < -0.39 is 0 Å². The molecule has 0 spiro atoms. The SMILES string of the molecule is CC(Nc1c(C2CCCC2)cc(C(c2ccccc2)c2ccccc2)cc1C(c1ccccc1)c1ccccc1)c1ccccn1. The van der Waals surface area contributed by atoms with Crippen molar-refractivity contribution in [3.8, 4) is 0 Å². The fourth-order valence-corrected chi connectivity index (χ4v) is 7.47. The third-order valence-corrected chi connectivity index (χ3v) is 9.68. The Kier molecular flexibility index (Phi) is 9.05. The van der Waals surface area contributed by atoms with Crippen LogP contribution in [-0.2, 0) is 0 Å². The van der Waals surface area contributed by atoms with Crippen molar-refractivity contribution in [2.45, 2.75) is 56.4 Å². The van der Waals surface area contributed by atoms with Crippen LogP contribution >= 0.6 is 0 Å². The molecule has 6 aromatic rings. The van der Waals surface area contributed by atoms with Crippen molar-refractivity contribution in [2.24, 2.45) is 0 Å². The summed E-state index contributed by atoms with van der Waals surface area (Å²) in [7, 11) is 0. The number of pyridine rings is 1. The summed E-state index contributed by atoms with van der Waals surface area (Å²) in [5.74, 6) is 0.695. The van der Waals surface area contributed by atoms with Crippen LogP contribution in [0.5, 0.6) is 0 Å². The van der Waals surface area contributed by atoms with Gasteiger partial charge in [0.2, 0.25) is 0 Å². The van der Waals surface area contributed by atoms with Gasteiger partial charge in [-0.3, -0.25) is 4.98 Å². The minimum Gasteiger partial charge on any atom is -0.376 e. The van der Waals surface area contributed by atoms with Crippen LogP contribution in [0.15, 0.2) is 158 Å². The molecule has 0 amide bonds. The summed E-state index contributed by atoms with van der Waals surface area (Å²) in [5.41, 5.74) is 11.7. The standard InChI is InChI=1S/C44H42N2/c1-32(41-28-16-17-29-45-41)46-44-39(33-18-14-15-19-33)30-38(42(34-20-6-2-7-21-34)35-22-8-3-9-23-35)31-40(44)43(36-24-10-4-11-25-36)37-26-12-5-13-27-37/h2-13,16-17,20-33,42-43,46H,14-15,18-19H2,1H3. The number of aromatic nitrogens is 1. The van der Waals surface area contributed by atoms with Crippen LogP contribution in [0.25, 0.3) is 0 Å². The Morgan fingerprint density at radius 3 is 1.50 bits per heavy atom. The van der Waals surface area contributed by atoms with Crippen LogP contribution in [0.1, 0.15) is 101 Å². The smallest absolute Gasteiger partial charge is 0.0657 e. The van der Waals surface area contributed by atoms with Gasteiger partial charge in [0.15, 0.2) is 0 Å². The molecule has 1 fully saturated rings. The highest BCUT2D eigenvalue weighted by Gasteiger charge is 2.30. The minimum atomic E-state index is 0.0530. The molecule has 1 aliphatic carbocycles. The van der Waals surface area contributed by atoms with Crippen LogP contribution in [0.2, 0.25) is 0 Å². The minimum absolute atomic E-state index is 0.0530. The molecular formula is C44H42N2. The zero-order valence-electron chi connectivity index (χ0n) is 26.6. The summed E-state index contributed by atoms with van der Waals surface area (Å²) in [6.45, 7) is 2.25. The van der Waals surface area contributed by atoms with Crippen molar-refractivity contribution in [1.29, 1.82) is 0 Å². The van der Waals surface area contributed by atoms with Gasteiger partial charge in [-0.1, -0.05) is 152 Å². The second kappa shape index (κ2) is 14.0. The molecule has 1 aromatic heterocycles. The van der Waals surface area contributed by atoms with Crippen LogP contribution in [-0.4, -0.2) is 4.98 Å². The molecule has 7 rings (SSSR count). The van der Waals surface area contributed by atoms with E-state index in [1.54, 1.807) is 0 Å². The Bertz CT molecular complexity index is 1730. The zero-order chi connectivity index (χ0) is 31.1. The summed E-state index contributed by atoms with van der Waals surface area (Å²) >= 11 is 0. The van der Waals surface area contributed by atoms with Gasteiger partial charge in [-0.05, 0) is 76.8 Å². The molecule has 46 heavy (non-hydrogen) atoms. The Morgan fingerprint density at radius 2 is 1.02 bits per heavy atom. The molecule has 1 atom stereocenters. The lowest BCUT2D eigenvalue weighted by atomic mass is 9.77. The van der Waals surface area contributed by atoms with Crippen molar-refractivity contribution < 1.29 is 0 Å². The second-order valence-corrected chi connectivity index (χ2v) is 12.7.